The minimum absolute atomic E-state index is 0.365. The lowest BCUT2D eigenvalue weighted by atomic mass is 10.0. The first-order chi connectivity index (χ1) is 9.22. The van der Waals surface area contributed by atoms with Crippen molar-refractivity contribution in [3.05, 3.63) is 51.7 Å². The van der Waals surface area contributed by atoms with Gasteiger partial charge < -0.3 is 11.1 Å². The first-order valence-corrected chi connectivity index (χ1v) is 7.71. The molecule has 0 spiro atoms. The molecule has 3 heteroatoms. The van der Waals surface area contributed by atoms with Crippen LogP contribution in [0.25, 0.3) is 0 Å². The summed E-state index contributed by atoms with van der Waals surface area (Å²) in [7, 11) is 0. The summed E-state index contributed by atoms with van der Waals surface area (Å²) in [5.74, 6) is 0. The Labute approximate surface area is 119 Å². The molecule has 0 aliphatic rings. The van der Waals surface area contributed by atoms with Crippen molar-refractivity contribution < 1.29 is 0 Å². The zero-order valence-corrected chi connectivity index (χ0v) is 12.5. The van der Waals surface area contributed by atoms with Gasteiger partial charge in [-0.25, -0.2) is 0 Å². The molecule has 0 fully saturated rings. The lowest BCUT2D eigenvalue weighted by molar-refractivity contribution is 0.535. The van der Waals surface area contributed by atoms with Gasteiger partial charge in [-0.05, 0) is 54.9 Å². The number of nitrogens with one attached hydrogen (secondary N) is 1. The van der Waals surface area contributed by atoms with Crippen molar-refractivity contribution >= 4 is 17.0 Å². The van der Waals surface area contributed by atoms with Gasteiger partial charge in [-0.15, -0.1) is 11.3 Å². The molecular formula is C16H22N2S. The van der Waals surface area contributed by atoms with Crippen LogP contribution in [0.3, 0.4) is 0 Å². The summed E-state index contributed by atoms with van der Waals surface area (Å²) in [6.45, 7) is 5.41. The van der Waals surface area contributed by atoms with Gasteiger partial charge >= 0.3 is 0 Å². The quantitative estimate of drug-likeness (QED) is 0.783. The Bertz CT molecular complexity index is 519. The van der Waals surface area contributed by atoms with Crippen LogP contribution >= 0.6 is 11.3 Å². The Morgan fingerprint density at radius 2 is 2.05 bits per heavy atom. The predicted molar refractivity (Wildman–Crippen MR) is 84.6 cm³/mol. The summed E-state index contributed by atoms with van der Waals surface area (Å²) in [4.78, 5) is 1.43. The fourth-order valence-corrected chi connectivity index (χ4v) is 3.26. The van der Waals surface area contributed by atoms with Crippen LogP contribution in [0.2, 0.25) is 0 Å². The van der Waals surface area contributed by atoms with E-state index < -0.39 is 0 Å². The Hall–Kier alpha value is -1.32. The van der Waals surface area contributed by atoms with Crippen LogP contribution in [-0.4, -0.2) is 6.54 Å². The van der Waals surface area contributed by atoms with Gasteiger partial charge in [-0.1, -0.05) is 25.1 Å². The predicted octanol–water partition coefficient (Wildman–Crippen LogP) is 3.92. The molecule has 19 heavy (non-hydrogen) atoms. The molecule has 2 aromatic rings. The SMILES string of the molecule is CCCN[C@@H](Cc1ccccc1N)c1sccc1C. The molecule has 3 N–H and O–H groups in total. The smallest absolute Gasteiger partial charge is 0.0459 e. The number of aryl methyl sites for hydroxylation is 1. The van der Waals surface area contributed by atoms with Gasteiger partial charge in [0.15, 0.2) is 0 Å². The van der Waals surface area contributed by atoms with Crippen LogP contribution in [0.1, 0.15) is 35.4 Å². The highest BCUT2D eigenvalue weighted by Crippen LogP contribution is 2.28. The molecule has 0 unspecified atom stereocenters. The summed E-state index contributed by atoms with van der Waals surface area (Å²) in [6, 6.07) is 10.7. The summed E-state index contributed by atoms with van der Waals surface area (Å²) >= 11 is 1.83. The molecule has 1 aromatic heterocycles. The van der Waals surface area contributed by atoms with Crippen molar-refractivity contribution in [1.82, 2.24) is 5.32 Å². The zero-order valence-electron chi connectivity index (χ0n) is 11.6. The molecule has 0 saturated carbocycles. The Kier molecular flexibility index (Phi) is 5.00. The van der Waals surface area contributed by atoms with Crippen molar-refractivity contribution in [3.8, 4) is 0 Å². The summed E-state index contributed by atoms with van der Waals surface area (Å²) in [5, 5.41) is 5.81. The van der Waals surface area contributed by atoms with E-state index in [0.717, 1.165) is 25.1 Å². The Morgan fingerprint density at radius 1 is 1.26 bits per heavy atom. The molecule has 1 atom stereocenters. The van der Waals surface area contributed by atoms with Gasteiger partial charge in [0.1, 0.15) is 0 Å². The maximum absolute atomic E-state index is 6.06. The number of benzene rings is 1. The van der Waals surface area contributed by atoms with Crippen LogP contribution < -0.4 is 11.1 Å². The van der Waals surface area contributed by atoms with E-state index in [-0.39, 0.29) is 0 Å². The average molecular weight is 274 g/mol. The molecule has 0 amide bonds. The normalized spacial score (nSPS) is 12.5. The first-order valence-electron chi connectivity index (χ1n) is 6.83. The van der Waals surface area contributed by atoms with Crippen molar-refractivity contribution in [1.29, 1.82) is 0 Å². The zero-order chi connectivity index (χ0) is 13.7. The molecule has 0 bridgehead atoms. The van der Waals surface area contributed by atoms with E-state index in [0.29, 0.717) is 6.04 Å². The van der Waals surface area contributed by atoms with Gasteiger partial charge in [-0.3, -0.25) is 0 Å². The maximum atomic E-state index is 6.06. The second kappa shape index (κ2) is 6.73. The number of thiophene rings is 1. The van der Waals surface area contributed by atoms with E-state index in [9.17, 15) is 0 Å². The van der Waals surface area contributed by atoms with Crippen molar-refractivity contribution in [2.75, 3.05) is 12.3 Å². The number of nitrogens with two attached hydrogens (primary N) is 1. The first kappa shape index (κ1) is 14.1. The molecule has 1 aromatic carbocycles. The van der Waals surface area contributed by atoms with Crippen LogP contribution in [-0.2, 0) is 6.42 Å². The van der Waals surface area contributed by atoms with Crippen LogP contribution in [0.15, 0.2) is 35.7 Å². The average Bonchev–Trinajstić information content (AvgIpc) is 2.83. The fraction of sp³-hybridized carbons (Fsp3) is 0.375. The molecule has 0 radical (unpaired) electrons. The Balaban J connectivity index is 2.19. The molecule has 0 saturated heterocycles. The van der Waals surface area contributed by atoms with E-state index in [1.165, 1.54) is 16.0 Å². The second-order valence-corrected chi connectivity index (χ2v) is 5.83. The third kappa shape index (κ3) is 3.58. The van der Waals surface area contributed by atoms with Gasteiger partial charge in [0.05, 0.1) is 0 Å². The Morgan fingerprint density at radius 3 is 2.68 bits per heavy atom. The molecule has 102 valence electrons. The molecule has 0 aliphatic carbocycles. The lowest BCUT2D eigenvalue weighted by Gasteiger charge is -2.19. The van der Waals surface area contributed by atoms with E-state index >= 15 is 0 Å². The molecule has 2 nitrogen and oxygen atoms in total. The number of hydrogen-bond donors (Lipinski definition) is 2. The monoisotopic (exact) mass is 274 g/mol. The third-order valence-corrected chi connectivity index (χ3v) is 4.47. The highest BCUT2D eigenvalue weighted by atomic mass is 32.1. The highest BCUT2D eigenvalue weighted by molar-refractivity contribution is 7.10. The van der Waals surface area contributed by atoms with Crippen molar-refractivity contribution in [3.63, 3.8) is 0 Å². The molecule has 2 rings (SSSR count). The lowest BCUT2D eigenvalue weighted by Crippen LogP contribution is -2.24. The van der Waals surface area contributed by atoms with Gasteiger partial charge in [0.25, 0.3) is 0 Å². The second-order valence-electron chi connectivity index (χ2n) is 4.88. The van der Waals surface area contributed by atoms with Gasteiger partial charge in [-0.2, -0.15) is 0 Å². The standard InChI is InChI=1S/C16H22N2S/c1-3-9-18-15(16-12(2)8-10-19-16)11-13-6-4-5-7-14(13)17/h4-8,10,15,18H,3,9,11,17H2,1-2H3/t15-/m0/s1. The fourth-order valence-electron chi connectivity index (χ4n) is 2.26. The number of para-hydroxylation sites is 1. The van der Waals surface area contributed by atoms with Crippen molar-refractivity contribution in [2.24, 2.45) is 0 Å². The number of nitrogen functional groups attached to an aromatic ring is 1. The number of rotatable bonds is 6. The van der Waals surface area contributed by atoms with Crippen LogP contribution in [0.5, 0.6) is 0 Å². The van der Waals surface area contributed by atoms with Crippen molar-refractivity contribution in [2.45, 2.75) is 32.7 Å². The molecular weight excluding hydrogens is 252 g/mol. The highest BCUT2D eigenvalue weighted by Gasteiger charge is 2.16. The van der Waals surface area contributed by atoms with E-state index in [2.05, 4.69) is 42.7 Å². The van der Waals surface area contributed by atoms with Crippen LogP contribution in [0.4, 0.5) is 5.69 Å². The van der Waals surface area contributed by atoms with E-state index in [1.807, 2.05) is 23.5 Å². The topological polar surface area (TPSA) is 38.0 Å². The minimum Gasteiger partial charge on any atom is -0.399 e. The van der Waals surface area contributed by atoms with E-state index in [4.69, 9.17) is 5.73 Å². The summed E-state index contributed by atoms with van der Waals surface area (Å²) < 4.78 is 0. The van der Waals surface area contributed by atoms with Gasteiger partial charge in [0.2, 0.25) is 0 Å². The number of hydrogen-bond acceptors (Lipinski definition) is 3. The largest absolute Gasteiger partial charge is 0.399 e. The van der Waals surface area contributed by atoms with E-state index in [1.54, 1.807) is 0 Å². The summed E-state index contributed by atoms with van der Waals surface area (Å²) in [5.41, 5.74) is 9.55. The molecule has 0 aliphatic heterocycles. The van der Waals surface area contributed by atoms with Gasteiger partial charge in [0, 0.05) is 16.6 Å². The van der Waals surface area contributed by atoms with Crippen LogP contribution in [0, 0.1) is 6.92 Å². The number of anilines is 1. The molecule has 1 heterocycles. The third-order valence-electron chi connectivity index (χ3n) is 3.34. The minimum atomic E-state index is 0.365. The maximum Gasteiger partial charge on any atom is 0.0459 e. The summed E-state index contributed by atoms with van der Waals surface area (Å²) in [6.07, 6.45) is 2.10.